The quantitative estimate of drug-likeness (QED) is 0.712. The molecule has 2 heterocycles. The van der Waals surface area contributed by atoms with Gasteiger partial charge in [0.2, 0.25) is 5.95 Å². The number of nitrogens with zero attached hydrogens (tertiary/aromatic N) is 3. The Labute approximate surface area is 184 Å². The summed E-state index contributed by atoms with van der Waals surface area (Å²) >= 11 is 0. The first kappa shape index (κ1) is 23.5. The van der Waals surface area contributed by atoms with E-state index in [1.807, 2.05) is 27.7 Å². The van der Waals surface area contributed by atoms with Crippen LogP contribution in [0.15, 0.2) is 12.4 Å². The average molecular weight is 432 g/mol. The molecule has 1 saturated heterocycles. The Hall–Kier alpha value is -2.20. The number of alkyl carbamates (subject to hydrolysis) is 1. The molecule has 0 aromatic carbocycles. The summed E-state index contributed by atoms with van der Waals surface area (Å²) in [6, 6.07) is -0.750. The Kier molecular flexibility index (Phi) is 6.10. The second-order valence-corrected chi connectivity index (χ2v) is 10.2. The van der Waals surface area contributed by atoms with Gasteiger partial charge in [0.05, 0.1) is 11.2 Å². The van der Waals surface area contributed by atoms with Crippen molar-refractivity contribution in [3.63, 3.8) is 0 Å². The maximum absolute atomic E-state index is 13.1. The molecule has 10 heteroatoms. The fourth-order valence-corrected chi connectivity index (χ4v) is 3.09. The first-order chi connectivity index (χ1) is 14.2. The lowest BCUT2D eigenvalue weighted by Crippen LogP contribution is -2.49. The fraction of sp³-hybridized carbons (Fsp3) is 0.714. The molecular formula is C21H33BN4O5. The van der Waals surface area contributed by atoms with E-state index in [4.69, 9.17) is 14.0 Å². The molecule has 0 unspecified atom stereocenters. The molecule has 2 aliphatic rings. The number of hydrogen-bond donors (Lipinski definition) is 1. The monoisotopic (exact) mass is 432 g/mol. The van der Waals surface area contributed by atoms with Gasteiger partial charge in [-0.3, -0.25) is 9.69 Å². The Balaban J connectivity index is 1.71. The van der Waals surface area contributed by atoms with Gasteiger partial charge in [0, 0.05) is 23.9 Å². The van der Waals surface area contributed by atoms with Crippen LogP contribution < -0.4 is 15.7 Å². The third-order valence-electron chi connectivity index (χ3n) is 5.65. The van der Waals surface area contributed by atoms with Crippen LogP contribution in [0.1, 0.15) is 68.2 Å². The van der Waals surface area contributed by atoms with Gasteiger partial charge in [-0.2, -0.15) is 0 Å². The molecule has 0 bridgehead atoms. The van der Waals surface area contributed by atoms with E-state index >= 15 is 0 Å². The fourth-order valence-electron chi connectivity index (χ4n) is 3.09. The zero-order valence-corrected chi connectivity index (χ0v) is 19.7. The molecule has 1 atom stereocenters. The summed E-state index contributed by atoms with van der Waals surface area (Å²) < 4.78 is 17.3. The van der Waals surface area contributed by atoms with Gasteiger partial charge < -0.3 is 19.4 Å². The van der Waals surface area contributed by atoms with E-state index in [-0.39, 0.29) is 11.9 Å². The van der Waals surface area contributed by atoms with Crippen molar-refractivity contribution in [2.75, 3.05) is 4.90 Å². The topological polar surface area (TPSA) is 103 Å². The number of nitrogens with one attached hydrogen (secondary N) is 1. The SMILES string of the molecule is C[C@@H](NC(=O)OC(C)(C)C)C(=O)N(c1ncc(B2OC(C)(C)C(C)(C)O2)cn1)C1CC1. The molecule has 1 aliphatic carbocycles. The third-order valence-corrected chi connectivity index (χ3v) is 5.65. The number of anilines is 1. The van der Waals surface area contributed by atoms with Crippen molar-refractivity contribution in [1.82, 2.24) is 15.3 Å². The molecule has 0 spiro atoms. The van der Waals surface area contributed by atoms with E-state index in [9.17, 15) is 9.59 Å². The van der Waals surface area contributed by atoms with Gasteiger partial charge >= 0.3 is 13.2 Å². The molecule has 1 aromatic heterocycles. The lowest BCUT2D eigenvalue weighted by molar-refractivity contribution is -0.120. The summed E-state index contributed by atoms with van der Waals surface area (Å²) in [5.74, 6) is 0.0161. The lowest BCUT2D eigenvalue weighted by atomic mass is 9.81. The van der Waals surface area contributed by atoms with E-state index in [0.717, 1.165) is 12.8 Å². The van der Waals surface area contributed by atoms with Crippen molar-refractivity contribution in [3.05, 3.63) is 12.4 Å². The largest absolute Gasteiger partial charge is 0.498 e. The van der Waals surface area contributed by atoms with Gasteiger partial charge in [-0.1, -0.05) is 0 Å². The summed E-state index contributed by atoms with van der Waals surface area (Å²) in [6.45, 7) is 14.9. The van der Waals surface area contributed by atoms with Crippen LogP contribution in [-0.4, -0.2) is 58.0 Å². The molecule has 2 fully saturated rings. The number of ether oxygens (including phenoxy) is 1. The zero-order chi connectivity index (χ0) is 23.2. The van der Waals surface area contributed by atoms with Crippen molar-refractivity contribution in [3.8, 4) is 0 Å². The van der Waals surface area contributed by atoms with Gasteiger partial charge in [0.15, 0.2) is 0 Å². The molecule has 3 rings (SSSR count). The van der Waals surface area contributed by atoms with Crippen LogP contribution in [0.3, 0.4) is 0 Å². The summed E-state index contributed by atoms with van der Waals surface area (Å²) in [7, 11) is -0.572. The zero-order valence-electron chi connectivity index (χ0n) is 19.7. The number of carbonyl (C=O) groups is 2. The number of rotatable bonds is 5. The Bertz CT molecular complexity index is 817. The van der Waals surface area contributed by atoms with Crippen LogP contribution in [0.2, 0.25) is 0 Å². The number of hydrogen-bond acceptors (Lipinski definition) is 7. The van der Waals surface area contributed by atoms with E-state index in [2.05, 4.69) is 15.3 Å². The van der Waals surface area contributed by atoms with Gasteiger partial charge in [0.25, 0.3) is 5.91 Å². The highest BCUT2D eigenvalue weighted by molar-refractivity contribution is 6.61. The summed E-state index contributed by atoms with van der Waals surface area (Å²) in [5, 5.41) is 2.60. The van der Waals surface area contributed by atoms with Crippen LogP contribution in [0.4, 0.5) is 10.7 Å². The van der Waals surface area contributed by atoms with Crippen LogP contribution in [0.25, 0.3) is 0 Å². The second-order valence-electron chi connectivity index (χ2n) is 10.2. The van der Waals surface area contributed by atoms with Crippen LogP contribution in [0, 0.1) is 0 Å². The maximum atomic E-state index is 13.1. The Morgan fingerprint density at radius 3 is 2.13 bits per heavy atom. The summed E-state index contributed by atoms with van der Waals surface area (Å²) in [6.07, 6.45) is 4.35. The molecule has 31 heavy (non-hydrogen) atoms. The minimum atomic E-state index is -0.776. The lowest BCUT2D eigenvalue weighted by Gasteiger charge is -2.32. The van der Waals surface area contributed by atoms with E-state index in [1.165, 1.54) is 0 Å². The van der Waals surface area contributed by atoms with Gasteiger partial charge in [0.1, 0.15) is 11.6 Å². The van der Waals surface area contributed by atoms with Crippen molar-refractivity contribution in [1.29, 1.82) is 0 Å². The Morgan fingerprint density at radius 2 is 1.68 bits per heavy atom. The van der Waals surface area contributed by atoms with Crippen molar-refractivity contribution < 1.29 is 23.6 Å². The standard InChI is InChI=1S/C21H33BN4O5/c1-13(25-18(28)29-19(2,3)4)16(27)26(15-9-10-15)17-23-11-14(12-24-17)22-30-20(5,6)21(7,8)31-22/h11-13,15H,9-10H2,1-8H3,(H,25,28)/t13-/m1/s1. The molecule has 2 amide bonds. The molecular weight excluding hydrogens is 399 g/mol. The molecule has 170 valence electrons. The maximum Gasteiger partial charge on any atom is 0.498 e. The highest BCUT2D eigenvalue weighted by atomic mass is 16.7. The van der Waals surface area contributed by atoms with Crippen LogP contribution in [-0.2, 0) is 18.8 Å². The minimum absolute atomic E-state index is 0.0260. The van der Waals surface area contributed by atoms with Crippen LogP contribution in [0.5, 0.6) is 0 Å². The molecule has 1 N–H and O–H groups in total. The molecule has 9 nitrogen and oxygen atoms in total. The Morgan fingerprint density at radius 1 is 1.16 bits per heavy atom. The predicted octanol–water partition coefficient (Wildman–Crippen LogP) is 2.18. The van der Waals surface area contributed by atoms with Gasteiger partial charge in [-0.25, -0.2) is 14.8 Å². The molecule has 1 aliphatic heterocycles. The number of carbonyl (C=O) groups excluding carboxylic acids is 2. The third kappa shape index (κ3) is 5.35. The van der Waals surface area contributed by atoms with Gasteiger partial charge in [-0.05, 0) is 68.2 Å². The van der Waals surface area contributed by atoms with Crippen molar-refractivity contribution >= 4 is 30.5 Å². The average Bonchev–Trinajstić information content (AvgIpc) is 3.41. The van der Waals surface area contributed by atoms with E-state index < -0.39 is 36.1 Å². The molecule has 0 radical (unpaired) electrons. The second kappa shape index (κ2) is 8.05. The molecule has 1 aromatic rings. The molecule has 1 saturated carbocycles. The number of amides is 2. The summed E-state index contributed by atoms with van der Waals surface area (Å²) in [5.41, 5.74) is -0.884. The highest BCUT2D eigenvalue weighted by Gasteiger charge is 2.52. The first-order valence-corrected chi connectivity index (χ1v) is 10.7. The van der Waals surface area contributed by atoms with Crippen LogP contribution >= 0.6 is 0 Å². The minimum Gasteiger partial charge on any atom is -0.444 e. The first-order valence-electron chi connectivity index (χ1n) is 10.7. The van der Waals surface area contributed by atoms with Gasteiger partial charge in [-0.15, -0.1) is 0 Å². The highest BCUT2D eigenvalue weighted by Crippen LogP contribution is 2.36. The van der Waals surface area contributed by atoms with E-state index in [0.29, 0.717) is 11.4 Å². The number of aromatic nitrogens is 2. The van der Waals surface area contributed by atoms with E-state index in [1.54, 1.807) is 45.0 Å². The van der Waals surface area contributed by atoms with Crippen molar-refractivity contribution in [2.45, 2.75) is 97.1 Å². The summed E-state index contributed by atoms with van der Waals surface area (Å²) in [4.78, 5) is 35.5. The normalized spacial score (nSPS) is 20.8. The smallest absolute Gasteiger partial charge is 0.444 e. The predicted molar refractivity (Wildman–Crippen MR) is 117 cm³/mol. The van der Waals surface area contributed by atoms with Crippen molar-refractivity contribution in [2.24, 2.45) is 0 Å².